The minimum absolute atomic E-state index is 0.109. The molecule has 2 fully saturated rings. The van der Waals surface area contributed by atoms with Crippen molar-refractivity contribution in [3.8, 4) is 5.75 Å². The van der Waals surface area contributed by atoms with Gasteiger partial charge in [-0.1, -0.05) is 0 Å². The van der Waals surface area contributed by atoms with Crippen LogP contribution in [0.3, 0.4) is 0 Å². The molecule has 2 heterocycles. The van der Waals surface area contributed by atoms with E-state index in [1.54, 1.807) is 23.2 Å². The van der Waals surface area contributed by atoms with Gasteiger partial charge in [-0.15, -0.1) is 0 Å². The second-order valence-corrected chi connectivity index (χ2v) is 6.31. The van der Waals surface area contributed by atoms with Crippen molar-refractivity contribution in [1.82, 2.24) is 9.88 Å². The van der Waals surface area contributed by atoms with E-state index in [0.717, 1.165) is 0 Å². The number of alkyl halides is 2. The first kappa shape index (κ1) is 16.1. The van der Waals surface area contributed by atoms with Crippen molar-refractivity contribution in [2.45, 2.75) is 31.6 Å². The van der Waals surface area contributed by atoms with Gasteiger partial charge in [-0.3, -0.25) is 9.69 Å². The average molecular weight is 325 g/mol. The number of pyridine rings is 1. The number of carbonyl (C=O) groups is 1. The number of nitrogens with zero attached hydrogens (tertiary/aromatic N) is 2. The standard InChI is InChI=1S/C16H21F2N3O2/c17-16(18)5-7-21(8-6-16)10-15(22)20-14-4-3-13(9-19-14)23-11-12-1-2-12/h3-4,9,12H,1-2,5-8,10-11H2,(H,19,20,22). The van der Waals surface area contributed by atoms with E-state index < -0.39 is 5.92 Å². The fourth-order valence-corrected chi connectivity index (χ4v) is 2.46. The minimum Gasteiger partial charge on any atom is -0.492 e. The largest absolute Gasteiger partial charge is 0.492 e. The molecule has 1 N–H and O–H groups in total. The molecule has 1 saturated heterocycles. The number of hydrogen-bond acceptors (Lipinski definition) is 4. The second-order valence-electron chi connectivity index (χ2n) is 6.31. The van der Waals surface area contributed by atoms with Crippen molar-refractivity contribution in [2.75, 3.05) is 31.6 Å². The quantitative estimate of drug-likeness (QED) is 0.873. The van der Waals surface area contributed by atoms with Gasteiger partial charge >= 0.3 is 0 Å². The summed E-state index contributed by atoms with van der Waals surface area (Å²) in [4.78, 5) is 17.8. The number of amides is 1. The van der Waals surface area contributed by atoms with Gasteiger partial charge in [-0.25, -0.2) is 13.8 Å². The van der Waals surface area contributed by atoms with Crippen molar-refractivity contribution < 1.29 is 18.3 Å². The van der Waals surface area contributed by atoms with Crippen LogP contribution in [0.4, 0.5) is 14.6 Å². The summed E-state index contributed by atoms with van der Waals surface area (Å²) in [7, 11) is 0. The monoisotopic (exact) mass is 325 g/mol. The molecule has 126 valence electrons. The highest BCUT2D eigenvalue weighted by atomic mass is 19.3. The van der Waals surface area contributed by atoms with E-state index in [4.69, 9.17) is 4.74 Å². The first-order chi connectivity index (χ1) is 11.0. The van der Waals surface area contributed by atoms with E-state index in [-0.39, 0.29) is 38.4 Å². The molecule has 0 atom stereocenters. The number of aromatic nitrogens is 1. The predicted octanol–water partition coefficient (Wildman–Crippen LogP) is 2.54. The first-order valence-corrected chi connectivity index (χ1v) is 7.99. The number of carbonyl (C=O) groups excluding carboxylic acids is 1. The van der Waals surface area contributed by atoms with Gasteiger partial charge in [0.2, 0.25) is 5.91 Å². The van der Waals surface area contributed by atoms with Gasteiger partial charge < -0.3 is 10.1 Å². The van der Waals surface area contributed by atoms with Crippen molar-refractivity contribution in [2.24, 2.45) is 5.92 Å². The van der Waals surface area contributed by atoms with Gasteiger partial charge in [0.1, 0.15) is 11.6 Å². The Morgan fingerprint density at radius 2 is 2.09 bits per heavy atom. The van der Waals surface area contributed by atoms with Crippen LogP contribution in [0, 0.1) is 5.92 Å². The van der Waals surface area contributed by atoms with Crippen molar-refractivity contribution in [3.63, 3.8) is 0 Å². The Morgan fingerprint density at radius 3 is 2.70 bits per heavy atom. The summed E-state index contributed by atoms with van der Waals surface area (Å²) >= 11 is 0. The van der Waals surface area contributed by atoms with E-state index in [1.165, 1.54) is 12.8 Å². The van der Waals surface area contributed by atoms with Crippen LogP contribution >= 0.6 is 0 Å². The third-order valence-electron chi connectivity index (χ3n) is 4.14. The van der Waals surface area contributed by atoms with Gasteiger partial charge in [0, 0.05) is 25.9 Å². The number of hydrogen-bond donors (Lipinski definition) is 1. The lowest BCUT2D eigenvalue weighted by atomic mass is 10.1. The van der Waals surface area contributed by atoms with Gasteiger partial charge in [0.05, 0.1) is 19.3 Å². The molecule has 1 aromatic rings. The molecule has 1 amide bonds. The highest BCUT2D eigenvalue weighted by Crippen LogP contribution is 2.29. The topological polar surface area (TPSA) is 54.5 Å². The van der Waals surface area contributed by atoms with Crippen molar-refractivity contribution in [1.29, 1.82) is 0 Å². The molecular formula is C16H21F2N3O2. The Morgan fingerprint density at radius 1 is 1.35 bits per heavy atom. The maximum absolute atomic E-state index is 13.1. The molecule has 0 bridgehead atoms. The van der Waals surface area contributed by atoms with Crippen molar-refractivity contribution >= 4 is 11.7 Å². The summed E-state index contributed by atoms with van der Waals surface area (Å²) in [5.74, 6) is -1.03. The fourth-order valence-electron chi connectivity index (χ4n) is 2.46. The number of rotatable bonds is 6. The van der Waals surface area contributed by atoms with Crippen molar-refractivity contribution in [3.05, 3.63) is 18.3 Å². The lowest BCUT2D eigenvalue weighted by Crippen LogP contribution is -2.43. The number of ether oxygens (including phenoxy) is 1. The molecule has 0 radical (unpaired) electrons. The molecule has 0 unspecified atom stereocenters. The fraction of sp³-hybridized carbons (Fsp3) is 0.625. The summed E-state index contributed by atoms with van der Waals surface area (Å²) in [5, 5.41) is 2.68. The zero-order chi connectivity index (χ0) is 16.3. The second kappa shape index (κ2) is 6.78. The van der Waals surface area contributed by atoms with Crippen LogP contribution in [0.5, 0.6) is 5.75 Å². The Kier molecular flexibility index (Phi) is 4.75. The SMILES string of the molecule is O=C(CN1CCC(F)(F)CC1)Nc1ccc(OCC2CC2)cn1. The lowest BCUT2D eigenvalue weighted by molar-refractivity contribution is -0.119. The van der Waals surface area contributed by atoms with Crippen LogP contribution in [0.25, 0.3) is 0 Å². The van der Waals surface area contributed by atoms with Gasteiger partial charge in [0.25, 0.3) is 5.92 Å². The summed E-state index contributed by atoms with van der Waals surface area (Å²) in [6, 6.07) is 3.46. The Bertz CT molecular complexity index is 537. The first-order valence-electron chi connectivity index (χ1n) is 7.99. The molecular weight excluding hydrogens is 304 g/mol. The van der Waals surface area contributed by atoms with Gasteiger partial charge in [-0.05, 0) is 30.9 Å². The van der Waals surface area contributed by atoms with Crippen LogP contribution in [-0.4, -0.2) is 48.0 Å². The lowest BCUT2D eigenvalue weighted by Gasteiger charge is -2.30. The predicted molar refractivity (Wildman–Crippen MR) is 81.7 cm³/mol. The summed E-state index contributed by atoms with van der Waals surface area (Å²) in [5.41, 5.74) is 0. The van der Waals surface area contributed by atoms with E-state index >= 15 is 0 Å². The number of halogens is 2. The normalized spacial score (nSPS) is 21.0. The zero-order valence-corrected chi connectivity index (χ0v) is 12.9. The summed E-state index contributed by atoms with van der Waals surface area (Å²) < 4.78 is 31.7. The maximum atomic E-state index is 13.1. The smallest absolute Gasteiger partial charge is 0.250 e. The third kappa shape index (κ3) is 5.13. The van der Waals surface area contributed by atoms with E-state index in [9.17, 15) is 13.6 Å². The van der Waals surface area contributed by atoms with Crippen LogP contribution in [0.1, 0.15) is 25.7 Å². The highest BCUT2D eigenvalue weighted by molar-refractivity contribution is 5.91. The number of nitrogens with one attached hydrogen (secondary N) is 1. The van der Waals surface area contributed by atoms with Gasteiger partial charge in [-0.2, -0.15) is 0 Å². The molecule has 0 aromatic carbocycles. The Labute approximate surface area is 134 Å². The molecule has 1 aliphatic carbocycles. The van der Waals surface area contributed by atoms with E-state index in [2.05, 4.69) is 10.3 Å². The Hall–Kier alpha value is -1.76. The zero-order valence-electron chi connectivity index (χ0n) is 12.9. The average Bonchev–Trinajstić information content (AvgIpc) is 3.33. The molecule has 23 heavy (non-hydrogen) atoms. The van der Waals surface area contributed by atoms with E-state index in [0.29, 0.717) is 24.1 Å². The molecule has 5 nitrogen and oxygen atoms in total. The third-order valence-corrected chi connectivity index (χ3v) is 4.14. The number of anilines is 1. The summed E-state index contributed by atoms with van der Waals surface area (Å²) in [6.07, 6.45) is 3.66. The molecule has 1 saturated carbocycles. The van der Waals surface area contributed by atoms with Crippen LogP contribution in [-0.2, 0) is 4.79 Å². The Balaban J connectivity index is 1.42. The molecule has 7 heteroatoms. The molecule has 2 aliphatic rings. The van der Waals surface area contributed by atoms with E-state index in [1.807, 2.05) is 0 Å². The summed E-state index contributed by atoms with van der Waals surface area (Å²) in [6.45, 7) is 1.30. The number of piperidine rings is 1. The highest BCUT2D eigenvalue weighted by Gasteiger charge is 2.34. The molecule has 1 aliphatic heterocycles. The minimum atomic E-state index is -2.59. The maximum Gasteiger partial charge on any atom is 0.250 e. The van der Waals surface area contributed by atoms with Crippen LogP contribution in [0.15, 0.2) is 18.3 Å². The molecule has 3 rings (SSSR count). The molecule has 0 spiro atoms. The molecule has 1 aromatic heterocycles. The van der Waals surface area contributed by atoms with Crippen LogP contribution in [0.2, 0.25) is 0 Å². The number of likely N-dealkylation sites (tertiary alicyclic amines) is 1. The van der Waals surface area contributed by atoms with Crippen LogP contribution < -0.4 is 10.1 Å². The van der Waals surface area contributed by atoms with Gasteiger partial charge in [0.15, 0.2) is 0 Å².